The summed E-state index contributed by atoms with van der Waals surface area (Å²) in [5.74, 6) is -1.63. The number of carbonyl (C=O) groups is 1. The van der Waals surface area contributed by atoms with Gasteiger partial charge in [0.2, 0.25) is 0 Å². The molecule has 0 fully saturated rings. The molecule has 0 aliphatic carbocycles. The average Bonchev–Trinajstić information content (AvgIpc) is 2.46. The first kappa shape index (κ1) is 15.0. The first-order valence-electron chi connectivity index (χ1n) is 6.60. The van der Waals surface area contributed by atoms with Crippen LogP contribution in [0.15, 0.2) is 42.5 Å². The molecule has 3 nitrogen and oxygen atoms in total. The minimum absolute atomic E-state index is 0.114. The molecule has 21 heavy (non-hydrogen) atoms. The van der Waals surface area contributed by atoms with Crippen LogP contribution in [0.3, 0.4) is 0 Å². The highest BCUT2D eigenvalue weighted by Gasteiger charge is 2.18. The summed E-state index contributed by atoms with van der Waals surface area (Å²) in [6.07, 6.45) is 0. The Bertz CT molecular complexity index is 638. The molecule has 0 bridgehead atoms. The normalized spacial score (nSPS) is 10.4. The van der Waals surface area contributed by atoms with Crippen molar-refractivity contribution >= 4 is 11.6 Å². The van der Waals surface area contributed by atoms with Crippen molar-refractivity contribution in [1.29, 1.82) is 0 Å². The van der Waals surface area contributed by atoms with Gasteiger partial charge < -0.3 is 10.6 Å². The summed E-state index contributed by atoms with van der Waals surface area (Å²) in [7, 11) is 0. The summed E-state index contributed by atoms with van der Waals surface area (Å²) in [4.78, 5) is 13.8. The molecular weight excluding hydrogens is 274 g/mol. The van der Waals surface area contributed by atoms with Crippen molar-refractivity contribution in [2.45, 2.75) is 13.5 Å². The van der Waals surface area contributed by atoms with Gasteiger partial charge in [-0.1, -0.05) is 12.1 Å². The number of amides is 1. The molecule has 1 amide bonds. The van der Waals surface area contributed by atoms with Gasteiger partial charge in [0.15, 0.2) is 0 Å². The van der Waals surface area contributed by atoms with Crippen molar-refractivity contribution in [1.82, 2.24) is 4.90 Å². The molecule has 0 spiro atoms. The lowest BCUT2D eigenvalue weighted by Crippen LogP contribution is -2.31. The molecule has 2 rings (SSSR count). The summed E-state index contributed by atoms with van der Waals surface area (Å²) < 4.78 is 27.4. The molecule has 2 N–H and O–H groups in total. The number of hydrogen-bond donors (Lipinski definition) is 1. The number of benzene rings is 2. The van der Waals surface area contributed by atoms with Crippen LogP contribution >= 0.6 is 0 Å². The third-order valence-electron chi connectivity index (χ3n) is 3.21. The predicted octanol–water partition coefficient (Wildman–Crippen LogP) is 3.21. The smallest absolute Gasteiger partial charge is 0.254 e. The van der Waals surface area contributed by atoms with E-state index in [4.69, 9.17) is 5.73 Å². The Labute approximate surface area is 122 Å². The van der Waals surface area contributed by atoms with E-state index >= 15 is 0 Å². The summed E-state index contributed by atoms with van der Waals surface area (Å²) in [6, 6.07) is 10.2. The predicted molar refractivity (Wildman–Crippen MR) is 77.6 cm³/mol. The minimum atomic E-state index is -0.658. The standard InChI is InChI=1S/C16H16F2N2O/c1-2-20(10-13-14(17)7-4-8-15(13)18)16(21)11-5-3-6-12(19)9-11/h3-9H,2,10,19H2,1H3. The molecule has 0 atom stereocenters. The molecule has 0 saturated heterocycles. The van der Waals surface area contributed by atoms with Gasteiger partial charge in [0.25, 0.3) is 5.91 Å². The number of rotatable bonds is 4. The van der Waals surface area contributed by atoms with Gasteiger partial charge in [-0.15, -0.1) is 0 Å². The van der Waals surface area contributed by atoms with E-state index in [0.29, 0.717) is 17.8 Å². The molecule has 2 aromatic rings. The number of hydrogen-bond acceptors (Lipinski definition) is 2. The van der Waals surface area contributed by atoms with E-state index in [2.05, 4.69) is 0 Å². The van der Waals surface area contributed by atoms with Crippen LogP contribution in [-0.4, -0.2) is 17.4 Å². The quantitative estimate of drug-likeness (QED) is 0.879. The zero-order valence-corrected chi connectivity index (χ0v) is 11.6. The van der Waals surface area contributed by atoms with Crippen molar-refractivity contribution in [3.63, 3.8) is 0 Å². The highest BCUT2D eigenvalue weighted by Crippen LogP contribution is 2.17. The number of nitrogen functional groups attached to an aromatic ring is 1. The van der Waals surface area contributed by atoms with E-state index < -0.39 is 11.6 Å². The van der Waals surface area contributed by atoms with Crippen LogP contribution in [0.5, 0.6) is 0 Å². The second kappa shape index (κ2) is 6.35. The van der Waals surface area contributed by atoms with E-state index in [1.807, 2.05) is 0 Å². The zero-order chi connectivity index (χ0) is 15.4. The maximum Gasteiger partial charge on any atom is 0.254 e. The van der Waals surface area contributed by atoms with Gasteiger partial charge in [-0.25, -0.2) is 8.78 Å². The highest BCUT2D eigenvalue weighted by molar-refractivity contribution is 5.95. The second-order valence-corrected chi connectivity index (χ2v) is 4.65. The van der Waals surface area contributed by atoms with Gasteiger partial charge in [0.05, 0.1) is 6.54 Å². The Morgan fingerprint density at radius 1 is 1.14 bits per heavy atom. The summed E-state index contributed by atoms with van der Waals surface area (Å²) >= 11 is 0. The lowest BCUT2D eigenvalue weighted by atomic mass is 10.1. The van der Waals surface area contributed by atoms with Crippen molar-refractivity contribution in [2.24, 2.45) is 0 Å². The van der Waals surface area contributed by atoms with Crippen LogP contribution in [-0.2, 0) is 6.54 Å². The summed E-state index contributed by atoms with van der Waals surface area (Å²) in [5.41, 5.74) is 6.40. The topological polar surface area (TPSA) is 46.3 Å². The lowest BCUT2D eigenvalue weighted by molar-refractivity contribution is 0.0749. The van der Waals surface area contributed by atoms with Crippen molar-refractivity contribution in [3.8, 4) is 0 Å². The van der Waals surface area contributed by atoms with Crippen molar-refractivity contribution in [3.05, 3.63) is 65.2 Å². The molecule has 0 radical (unpaired) electrons. The first-order valence-corrected chi connectivity index (χ1v) is 6.60. The molecule has 0 aliphatic heterocycles. The fraction of sp³-hybridized carbons (Fsp3) is 0.188. The zero-order valence-electron chi connectivity index (χ0n) is 11.6. The Kier molecular flexibility index (Phi) is 4.52. The van der Waals surface area contributed by atoms with E-state index in [1.165, 1.54) is 23.1 Å². The van der Waals surface area contributed by atoms with Crippen LogP contribution in [0.1, 0.15) is 22.8 Å². The molecule has 0 unspecified atom stereocenters. The largest absolute Gasteiger partial charge is 0.399 e. The molecule has 0 aromatic heterocycles. The van der Waals surface area contributed by atoms with Gasteiger partial charge in [0, 0.05) is 23.4 Å². The van der Waals surface area contributed by atoms with Crippen LogP contribution in [0.4, 0.5) is 14.5 Å². The monoisotopic (exact) mass is 290 g/mol. The first-order chi connectivity index (χ1) is 10.0. The fourth-order valence-corrected chi connectivity index (χ4v) is 2.06. The summed E-state index contributed by atoms with van der Waals surface area (Å²) in [6.45, 7) is 1.97. The minimum Gasteiger partial charge on any atom is -0.399 e. The van der Waals surface area contributed by atoms with Gasteiger partial charge in [0.1, 0.15) is 11.6 Å². The molecule has 0 aliphatic rings. The maximum absolute atomic E-state index is 13.7. The van der Waals surface area contributed by atoms with Gasteiger partial charge in [-0.05, 0) is 37.3 Å². The Hall–Kier alpha value is -2.43. The third kappa shape index (κ3) is 3.37. The van der Waals surface area contributed by atoms with Crippen LogP contribution in [0.2, 0.25) is 0 Å². The van der Waals surface area contributed by atoms with E-state index in [1.54, 1.807) is 31.2 Å². The van der Waals surface area contributed by atoms with Crippen molar-refractivity contribution < 1.29 is 13.6 Å². The molecule has 0 heterocycles. The average molecular weight is 290 g/mol. The Balaban J connectivity index is 2.26. The molecule has 2 aromatic carbocycles. The number of anilines is 1. The third-order valence-corrected chi connectivity index (χ3v) is 3.21. The van der Waals surface area contributed by atoms with Crippen molar-refractivity contribution in [2.75, 3.05) is 12.3 Å². The van der Waals surface area contributed by atoms with Crippen LogP contribution in [0.25, 0.3) is 0 Å². The van der Waals surface area contributed by atoms with Crippen LogP contribution < -0.4 is 5.73 Å². The van der Waals surface area contributed by atoms with E-state index in [-0.39, 0.29) is 18.0 Å². The van der Waals surface area contributed by atoms with Gasteiger partial charge in [-0.3, -0.25) is 4.79 Å². The van der Waals surface area contributed by atoms with Gasteiger partial charge in [-0.2, -0.15) is 0 Å². The number of halogens is 2. The maximum atomic E-state index is 13.7. The highest BCUT2D eigenvalue weighted by atomic mass is 19.1. The lowest BCUT2D eigenvalue weighted by Gasteiger charge is -2.21. The SMILES string of the molecule is CCN(Cc1c(F)cccc1F)C(=O)c1cccc(N)c1. The Morgan fingerprint density at radius 3 is 2.33 bits per heavy atom. The molecule has 110 valence electrons. The molecular formula is C16H16F2N2O. The number of carbonyl (C=O) groups excluding carboxylic acids is 1. The van der Waals surface area contributed by atoms with Crippen LogP contribution in [0, 0.1) is 11.6 Å². The molecule has 0 saturated carbocycles. The molecule has 5 heteroatoms. The van der Waals surface area contributed by atoms with Gasteiger partial charge >= 0.3 is 0 Å². The van der Waals surface area contributed by atoms with E-state index in [0.717, 1.165) is 0 Å². The second-order valence-electron chi connectivity index (χ2n) is 4.65. The number of nitrogens with zero attached hydrogens (tertiary/aromatic N) is 1. The number of nitrogens with two attached hydrogens (primary N) is 1. The van der Waals surface area contributed by atoms with E-state index in [9.17, 15) is 13.6 Å². The Morgan fingerprint density at radius 2 is 1.76 bits per heavy atom. The fourth-order valence-electron chi connectivity index (χ4n) is 2.06. The summed E-state index contributed by atoms with van der Waals surface area (Å²) in [5, 5.41) is 0.